The van der Waals surface area contributed by atoms with E-state index in [2.05, 4.69) is 13.2 Å². The van der Waals surface area contributed by atoms with Crippen LogP contribution in [-0.4, -0.2) is 34.2 Å². The van der Waals surface area contributed by atoms with Crippen LogP contribution in [0.4, 0.5) is 0 Å². The van der Waals surface area contributed by atoms with Gasteiger partial charge in [0, 0.05) is 0 Å². The minimum absolute atomic E-state index is 0.677. The summed E-state index contributed by atoms with van der Waals surface area (Å²) in [7, 11) is 0. The van der Waals surface area contributed by atoms with E-state index >= 15 is 0 Å². The number of amides is 1. The predicted molar refractivity (Wildman–Crippen MR) is 45.6 cm³/mol. The fourth-order valence-electron chi connectivity index (χ4n) is 0.560. The standard InChI is InChI=1S/C8H11NO4/c1-3-5(10)7(12)8(13)9-6(11)4-2/h3-4,7-8,12-13H,1-2H2,(H,9,11). The summed E-state index contributed by atoms with van der Waals surface area (Å²) in [4.78, 5) is 21.3. The molecule has 2 atom stereocenters. The number of aliphatic hydroxyl groups is 2. The van der Waals surface area contributed by atoms with Crippen LogP contribution in [0.3, 0.4) is 0 Å². The molecule has 13 heavy (non-hydrogen) atoms. The smallest absolute Gasteiger partial charge is 0.245 e. The van der Waals surface area contributed by atoms with Gasteiger partial charge in [-0.05, 0) is 12.2 Å². The van der Waals surface area contributed by atoms with E-state index in [1.165, 1.54) is 0 Å². The molecule has 0 aliphatic rings. The maximum atomic E-state index is 10.7. The molecule has 0 aliphatic carbocycles. The second-order valence-corrected chi connectivity index (χ2v) is 2.21. The molecule has 0 radical (unpaired) electrons. The molecule has 0 saturated carbocycles. The molecule has 1 amide bonds. The van der Waals surface area contributed by atoms with E-state index in [0.29, 0.717) is 0 Å². The first-order valence-corrected chi connectivity index (χ1v) is 3.48. The molecule has 0 heterocycles. The summed E-state index contributed by atoms with van der Waals surface area (Å²) >= 11 is 0. The van der Waals surface area contributed by atoms with Crippen LogP contribution in [0.5, 0.6) is 0 Å². The highest BCUT2D eigenvalue weighted by Crippen LogP contribution is 1.92. The number of carbonyl (C=O) groups is 2. The third kappa shape index (κ3) is 3.64. The lowest BCUT2D eigenvalue weighted by Gasteiger charge is -2.15. The van der Waals surface area contributed by atoms with E-state index < -0.39 is 24.0 Å². The van der Waals surface area contributed by atoms with Gasteiger partial charge >= 0.3 is 0 Å². The zero-order chi connectivity index (χ0) is 10.4. The Morgan fingerprint density at radius 1 is 1.23 bits per heavy atom. The number of nitrogens with one attached hydrogen (secondary N) is 1. The maximum Gasteiger partial charge on any atom is 0.245 e. The van der Waals surface area contributed by atoms with Crippen LogP contribution in [0.1, 0.15) is 0 Å². The van der Waals surface area contributed by atoms with Crippen molar-refractivity contribution in [2.24, 2.45) is 0 Å². The van der Waals surface area contributed by atoms with E-state index in [4.69, 9.17) is 10.2 Å². The van der Waals surface area contributed by atoms with Crippen molar-refractivity contribution in [3.05, 3.63) is 25.3 Å². The summed E-state index contributed by atoms with van der Waals surface area (Å²) in [5.41, 5.74) is 0. The molecule has 2 unspecified atom stereocenters. The first kappa shape index (κ1) is 11.5. The number of aliphatic hydroxyl groups excluding tert-OH is 2. The Morgan fingerprint density at radius 2 is 1.77 bits per heavy atom. The van der Waals surface area contributed by atoms with Gasteiger partial charge in [-0.25, -0.2) is 0 Å². The maximum absolute atomic E-state index is 10.7. The second-order valence-electron chi connectivity index (χ2n) is 2.21. The number of ketones is 1. The largest absolute Gasteiger partial charge is 0.380 e. The van der Waals surface area contributed by atoms with Crippen molar-refractivity contribution < 1.29 is 19.8 Å². The molecule has 0 aromatic rings. The van der Waals surface area contributed by atoms with Crippen LogP contribution in [0, 0.1) is 0 Å². The molecule has 5 heteroatoms. The number of hydrogen-bond donors (Lipinski definition) is 3. The number of hydrogen-bond acceptors (Lipinski definition) is 4. The van der Waals surface area contributed by atoms with Gasteiger partial charge in [0.2, 0.25) is 5.91 Å². The van der Waals surface area contributed by atoms with Gasteiger partial charge in [0.25, 0.3) is 0 Å². The molecule has 0 bridgehead atoms. The summed E-state index contributed by atoms with van der Waals surface area (Å²) in [6.45, 7) is 6.24. The SMILES string of the molecule is C=CC(=O)NC(O)C(O)C(=O)C=C. The zero-order valence-electron chi connectivity index (χ0n) is 6.93. The van der Waals surface area contributed by atoms with E-state index in [1.54, 1.807) is 0 Å². The molecule has 0 saturated heterocycles. The Labute approximate surface area is 75.4 Å². The van der Waals surface area contributed by atoms with Gasteiger partial charge in [-0.2, -0.15) is 0 Å². The number of rotatable bonds is 5. The van der Waals surface area contributed by atoms with Crippen molar-refractivity contribution in [3.8, 4) is 0 Å². The summed E-state index contributed by atoms with van der Waals surface area (Å²) in [6.07, 6.45) is -1.57. The van der Waals surface area contributed by atoms with Gasteiger partial charge in [-0.15, -0.1) is 0 Å². The van der Waals surface area contributed by atoms with Crippen LogP contribution in [0.15, 0.2) is 25.3 Å². The average molecular weight is 185 g/mol. The normalized spacial score (nSPS) is 14.0. The van der Waals surface area contributed by atoms with Gasteiger partial charge in [-0.3, -0.25) is 9.59 Å². The first-order valence-electron chi connectivity index (χ1n) is 3.48. The van der Waals surface area contributed by atoms with Gasteiger partial charge in [0.05, 0.1) is 0 Å². The second kappa shape index (κ2) is 5.23. The predicted octanol–water partition coefficient (Wildman–Crippen LogP) is -1.28. The highest BCUT2D eigenvalue weighted by molar-refractivity contribution is 5.94. The monoisotopic (exact) mass is 185 g/mol. The third-order valence-electron chi connectivity index (χ3n) is 1.27. The number of carbonyl (C=O) groups excluding carboxylic acids is 2. The molecule has 0 aromatic carbocycles. The first-order chi connectivity index (χ1) is 6.02. The van der Waals surface area contributed by atoms with E-state index in [1.807, 2.05) is 5.32 Å². The lowest BCUT2D eigenvalue weighted by Crippen LogP contribution is -2.45. The molecule has 0 aliphatic heterocycles. The Bertz CT molecular complexity index is 236. The lowest BCUT2D eigenvalue weighted by atomic mass is 10.2. The summed E-state index contributed by atoms with van der Waals surface area (Å²) in [6, 6.07) is 0. The Morgan fingerprint density at radius 3 is 2.15 bits per heavy atom. The van der Waals surface area contributed by atoms with Gasteiger partial charge in [-0.1, -0.05) is 13.2 Å². The minimum atomic E-state index is -1.69. The lowest BCUT2D eigenvalue weighted by molar-refractivity contribution is -0.132. The third-order valence-corrected chi connectivity index (χ3v) is 1.27. The van der Waals surface area contributed by atoms with Crippen LogP contribution in [0.25, 0.3) is 0 Å². The fourth-order valence-corrected chi connectivity index (χ4v) is 0.560. The molecule has 5 nitrogen and oxygen atoms in total. The van der Waals surface area contributed by atoms with Crippen LogP contribution in [-0.2, 0) is 9.59 Å². The van der Waals surface area contributed by atoms with E-state index in [0.717, 1.165) is 12.2 Å². The summed E-state index contributed by atoms with van der Waals surface area (Å²) in [5.74, 6) is -1.44. The summed E-state index contributed by atoms with van der Waals surface area (Å²) in [5, 5.41) is 20.0. The highest BCUT2D eigenvalue weighted by atomic mass is 16.3. The van der Waals surface area contributed by atoms with Crippen LogP contribution in [0.2, 0.25) is 0 Å². The topological polar surface area (TPSA) is 86.6 Å². The van der Waals surface area contributed by atoms with Crippen LogP contribution >= 0.6 is 0 Å². The van der Waals surface area contributed by atoms with Crippen molar-refractivity contribution in [2.45, 2.75) is 12.3 Å². The van der Waals surface area contributed by atoms with Crippen LogP contribution < -0.4 is 5.32 Å². The van der Waals surface area contributed by atoms with E-state index in [9.17, 15) is 9.59 Å². The Balaban J connectivity index is 4.17. The highest BCUT2D eigenvalue weighted by Gasteiger charge is 2.22. The van der Waals surface area contributed by atoms with Gasteiger partial charge < -0.3 is 15.5 Å². The molecule has 0 aromatic heterocycles. The van der Waals surface area contributed by atoms with Crippen molar-refractivity contribution in [3.63, 3.8) is 0 Å². The quantitative estimate of drug-likeness (QED) is 0.368. The molecular weight excluding hydrogens is 174 g/mol. The van der Waals surface area contributed by atoms with Crippen molar-refractivity contribution in [1.29, 1.82) is 0 Å². The molecule has 3 N–H and O–H groups in total. The Hall–Kier alpha value is -1.46. The molecule has 72 valence electrons. The van der Waals surface area contributed by atoms with Crippen molar-refractivity contribution in [2.75, 3.05) is 0 Å². The van der Waals surface area contributed by atoms with Crippen molar-refractivity contribution in [1.82, 2.24) is 5.32 Å². The van der Waals surface area contributed by atoms with E-state index in [-0.39, 0.29) is 0 Å². The molecular formula is C8H11NO4. The van der Waals surface area contributed by atoms with Gasteiger partial charge in [0.1, 0.15) is 0 Å². The average Bonchev–Trinajstić information content (AvgIpc) is 2.14. The Kier molecular flexibility index (Phi) is 4.64. The zero-order valence-corrected chi connectivity index (χ0v) is 6.93. The molecule has 0 fully saturated rings. The fraction of sp³-hybridized carbons (Fsp3) is 0.250. The van der Waals surface area contributed by atoms with Crippen molar-refractivity contribution >= 4 is 11.7 Å². The van der Waals surface area contributed by atoms with Gasteiger partial charge in [0.15, 0.2) is 18.1 Å². The molecule has 0 rings (SSSR count). The minimum Gasteiger partial charge on any atom is -0.380 e. The summed E-state index contributed by atoms with van der Waals surface area (Å²) < 4.78 is 0. The molecule has 0 spiro atoms.